The van der Waals surface area contributed by atoms with Gasteiger partial charge in [-0.1, -0.05) is 139 Å². The minimum absolute atomic E-state index is 0.170. The summed E-state index contributed by atoms with van der Waals surface area (Å²) in [6, 6.07) is 21.3. The summed E-state index contributed by atoms with van der Waals surface area (Å²) in [5, 5.41) is 6.72. The molecule has 0 bridgehead atoms. The molecule has 11 rings (SSSR count). The molecule has 57 heavy (non-hydrogen) atoms. The van der Waals surface area contributed by atoms with Gasteiger partial charge in [0.15, 0.2) is 0 Å². The summed E-state index contributed by atoms with van der Waals surface area (Å²) < 4.78 is 0. The monoisotopic (exact) mass is 743 g/mol. The number of rotatable bonds is 7. The van der Waals surface area contributed by atoms with Gasteiger partial charge in [-0.3, -0.25) is 5.32 Å². The molecule has 0 saturated carbocycles. The van der Waals surface area contributed by atoms with Crippen molar-refractivity contribution in [2.75, 3.05) is 4.90 Å². The molecule has 0 aromatic heterocycles. The van der Waals surface area contributed by atoms with Crippen molar-refractivity contribution in [3.63, 3.8) is 0 Å². The van der Waals surface area contributed by atoms with Crippen LogP contribution < -0.4 is 26.4 Å². The molecule has 1 heterocycles. The van der Waals surface area contributed by atoms with E-state index in [0.717, 1.165) is 56.9 Å². The number of nitrogens with two attached hydrogens (primary N) is 1. The van der Waals surface area contributed by atoms with E-state index in [0.29, 0.717) is 23.7 Å². The quantitative estimate of drug-likeness (QED) is 0.187. The number of hydrogen-bond donors (Lipinski definition) is 2. The maximum atomic E-state index is 7.15. The molecular formula is C54H53N3. The van der Waals surface area contributed by atoms with Gasteiger partial charge in [0, 0.05) is 40.4 Å². The third-order valence-corrected chi connectivity index (χ3v) is 14.3. The summed E-state index contributed by atoms with van der Waals surface area (Å²) in [4.78, 5) is 2.68. The number of hydrogen-bond acceptors (Lipinski definition) is 3. The zero-order chi connectivity index (χ0) is 37.9. The zero-order valence-electron chi connectivity index (χ0n) is 32.9. The summed E-state index contributed by atoms with van der Waals surface area (Å²) in [6.45, 7) is 0. The average molecular weight is 744 g/mol. The topological polar surface area (TPSA) is 41.3 Å². The van der Waals surface area contributed by atoms with Crippen LogP contribution in [0.25, 0.3) is 29.5 Å². The van der Waals surface area contributed by atoms with Crippen LogP contribution in [0.2, 0.25) is 0 Å². The summed E-state index contributed by atoms with van der Waals surface area (Å²) in [5.74, 6) is 1.68. The van der Waals surface area contributed by atoms with E-state index < -0.39 is 0 Å². The Balaban J connectivity index is 0.923. The van der Waals surface area contributed by atoms with Crippen molar-refractivity contribution in [2.24, 2.45) is 29.4 Å². The lowest BCUT2D eigenvalue weighted by molar-refractivity contribution is 0.348. The summed E-state index contributed by atoms with van der Waals surface area (Å²) in [7, 11) is 0. The lowest BCUT2D eigenvalue weighted by Gasteiger charge is -2.38. The Kier molecular flexibility index (Phi) is 8.97. The van der Waals surface area contributed by atoms with Crippen molar-refractivity contribution >= 4 is 35.2 Å². The SMILES string of the molecule is NC(N[C@H](/C=C/c1cc2c(c3c1CCC=C3)CCC=C2)C1CC=CCC1)c1ccc(N2C3=c4ccccc4=C4C=CC5=C(CCC=C5)C4C3C3C=CC=CC32)cc1. The Morgan fingerprint density at radius 1 is 0.754 bits per heavy atom. The van der Waals surface area contributed by atoms with Crippen molar-refractivity contribution in [3.8, 4) is 0 Å². The van der Waals surface area contributed by atoms with Gasteiger partial charge in [0.25, 0.3) is 0 Å². The molecule has 0 amide bonds. The van der Waals surface area contributed by atoms with Crippen LogP contribution in [-0.4, -0.2) is 12.1 Å². The molecule has 3 aromatic rings. The standard InChI is InChI=1S/C54H53N3/c55-54(56-49(36-15-2-1-3-16-36)33-29-39-34-38-17-5-6-18-41(38)44-21-9-8-19-42(39)44)37-26-30-40(31-27-37)57-50-25-13-12-24-48(50)52-51-43-20-7-4-14-35(43)28-32-46(51)45-22-10-11-23-47(45)53(52)57/h1-2,4-5,9-14,17,21-34,36,48-52,54,56H,3,6-8,15-16,18-20,55H2/b33-29+/t36?,48?,49-,50?,51?,52?,54?/m1/s1. The van der Waals surface area contributed by atoms with Gasteiger partial charge >= 0.3 is 0 Å². The predicted molar refractivity (Wildman–Crippen MR) is 239 cm³/mol. The number of nitrogens with zero attached hydrogens (tertiary/aromatic N) is 1. The van der Waals surface area contributed by atoms with Gasteiger partial charge in [0.1, 0.15) is 0 Å². The summed E-state index contributed by atoms with van der Waals surface area (Å²) >= 11 is 0. The van der Waals surface area contributed by atoms with Crippen molar-refractivity contribution in [2.45, 2.75) is 76.0 Å². The van der Waals surface area contributed by atoms with Crippen LogP contribution in [0.5, 0.6) is 0 Å². The van der Waals surface area contributed by atoms with Crippen molar-refractivity contribution in [1.29, 1.82) is 0 Å². The second-order valence-electron chi connectivity index (χ2n) is 17.3. The minimum Gasteiger partial charge on any atom is -0.337 e. The summed E-state index contributed by atoms with van der Waals surface area (Å²) in [6.07, 6.45) is 47.8. The Morgan fingerprint density at radius 3 is 2.44 bits per heavy atom. The second kappa shape index (κ2) is 14.6. The van der Waals surface area contributed by atoms with Crippen molar-refractivity contribution in [1.82, 2.24) is 5.32 Å². The summed E-state index contributed by atoms with van der Waals surface area (Å²) in [5.41, 5.74) is 22.8. The highest BCUT2D eigenvalue weighted by Gasteiger charge is 2.51. The number of nitrogens with one attached hydrogen (secondary N) is 1. The van der Waals surface area contributed by atoms with Gasteiger partial charge in [-0.2, -0.15) is 0 Å². The van der Waals surface area contributed by atoms with Crippen molar-refractivity contribution < 1.29 is 0 Å². The highest BCUT2D eigenvalue weighted by molar-refractivity contribution is 5.83. The van der Waals surface area contributed by atoms with E-state index in [9.17, 15) is 0 Å². The third kappa shape index (κ3) is 6.01. The first-order valence-corrected chi connectivity index (χ1v) is 21.7. The molecule has 1 aliphatic heterocycles. The van der Waals surface area contributed by atoms with Gasteiger partial charge in [0.05, 0.1) is 12.2 Å². The fourth-order valence-corrected chi connectivity index (χ4v) is 11.6. The van der Waals surface area contributed by atoms with E-state index in [4.69, 9.17) is 5.73 Å². The zero-order valence-corrected chi connectivity index (χ0v) is 32.9. The molecule has 3 heteroatoms. The Bertz CT molecular complexity index is 2530. The van der Waals surface area contributed by atoms with Crippen LogP contribution in [0.15, 0.2) is 145 Å². The molecule has 1 fully saturated rings. The highest BCUT2D eigenvalue weighted by atomic mass is 15.2. The molecule has 0 spiro atoms. The first kappa shape index (κ1) is 35.0. The first-order chi connectivity index (χ1) is 28.2. The molecule has 0 radical (unpaired) electrons. The average Bonchev–Trinajstić information content (AvgIpc) is 3.63. The van der Waals surface area contributed by atoms with Crippen LogP contribution in [0, 0.1) is 23.7 Å². The van der Waals surface area contributed by atoms with Gasteiger partial charge in [-0.05, 0) is 132 Å². The van der Waals surface area contributed by atoms with E-state index in [-0.39, 0.29) is 18.2 Å². The molecule has 284 valence electrons. The second-order valence-corrected chi connectivity index (χ2v) is 17.3. The van der Waals surface area contributed by atoms with E-state index in [1.807, 2.05) is 0 Å². The molecule has 7 atom stereocenters. The van der Waals surface area contributed by atoms with Crippen LogP contribution in [0.1, 0.15) is 84.5 Å². The molecule has 3 aromatic carbocycles. The number of benzene rings is 3. The van der Waals surface area contributed by atoms with Gasteiger partial charge in [0.2, 0.25) is 0 Å². The number of allylic oxidation sites excluding steroid dienone is 12. The Labute approximate surface area is 338 Å². The highest BCUT2D eigenvalue weighted by Crippen LogP contribution is 2.54. The number of anilines is 1. The molecule has 3 nitrogen and oxygen atoms in total. The van der Waals surface area contributed by atoms with E-state index >= 15 is 0 Å². The predicted octanol–water partition coefficient (Wildman–Crippen LogP) is 9.94. The van der Waals surface area contributed by atoms with E-state index in [2.05, 4.69) is 162 Å². The van der Waals surface area contributed by atoms with Crippen molar-refractivity contribution in [3.05, 3.63) is 189 Å². The lowest BCUT2D eigenvalue weighted by atomic mass is 9.65. The fourth-order valence-electron chi connectivity index (χ4n) is 11.6. The largest absolute Gasteiger partial charge is 0.337 e. The Hall–Kier alpha value is -5.22. The molecule has 8 aliphatic rings. The van der Waals surface area contributed by atoms with Gasteiger partial charge in [-0.15, -0.1) is 0 Å². The van der Waals surface area contributed by atoms with Gasteiger partial charge in [-0.25, -0.2) is 0 Å². The van der Waals surface area contributed by atoms with Crippen LogP contribution in [0.3, 0.4) is 0 Å². The van der Waals surface area contributed by atoms with E-state index in [1.54, 1.807) is 5.57 Å². The maximum absolute atomic E-state index is 7.15. The molecule has 7 aliphatic carbocycles. The molecular weight excluding hydrogens is 691 g/mol. The smallest absolute Gasteiger partial charge is 0.0814 e. The fraction of sp³-hybridized carbons (Fsp3) is 0.296. The molecule has 3 N–H and O–H groups in total. The van der Waals surface area contributed by atoms with Gasteiger partial charge < -0.3 is 10.6 Å². The normalized spacial score (nSPS) is 27.2. The number of fused-ring (bicyclic) bond motifs is 10. The first-order valence-electron chi connectivity index (χ1n) is 21.7. The van der Waals surface area contributed by atoms with Crippen LogP contribution in [0.4, 0.5) is 5.69 Å². The maximum Gasteiger partial charge on any atom is 0.0814 e. The van der Waals surface area contributed by atoms with Crippen LogP contribution in [-0.2, 0) is 12.8 Å². The molecule has 1 saturated heterocycles. The molecule has 6 unspecified atom stereocenters. The Morgan fingerprint density at radius 2 is 1.56 bits per heavy atom. The van der Waals surface area contributed by atoms with Crippen LogP contribution >= 0.6 is 0 Å². The van der Waals surface area contributed by atoms with E-state index in [1.165, 1.54) is 67.2 Å². The lowest BCUT2D eigenvalue weighted by Crippen LogP contribution is -2.43. The third-order valence-electron chi connectivity index (χ3n) is 14.3. The minimum atomic E-state index is -0.279.